The summed E-state index contributed by atoms with van der Waals surface area (Å²) in [5, 5.41) is 6.16. The molecule has 4 nitrogen and oxygen atoms in total. The number of carbonyl (C=O) groups is 1. The molecule has 0 aromatic heterocycles. The molecule has 0 fully saturated rings. The maximum absolute atomic E-state index is 10.7. The molecule has 0 radical (unpaired) electrons. The van der Waals surface area contributed by atoms with Gasteiger partial charge in [-0.2, -0.15) is 0 Å². The Morgan fingerprint density at radius 3 is 2.64 bits per heavy atom. The first-order valence-corrected chi connectivity index (χ1v) is 5.34. The summed E-state index contributed by atoms with van der Waals surface area (Å²) in [7, 11) is 0. The number of rotatable bonds is 8. The molecule has 0 spiro atoms. The summed E-state index contributed by atoms with van der Waals surface area (Å²) < 4.78 is 0. The standard InChI is InChI=1S/C10H23N3O/c1-9(13-10(2)14)5-8-12-7-4-3-6-11/h9,12H,3-8,11H2,1-2H3,(H,13,14)/t9-/m0/s1. The molecule has 0 unspecified atom stereocenters. The zero-order valence-corrected chi connectivity index (χ0v) is 9.31. The van der Waals surface area contributed by atoms with E-state index in [1.54, 1.807) is 6.92 Å². The van der Waals surface area contributed by atoms with Crippen LogP contribution in [-0.2, 0) is 4.79 Å². The van der Waals surface area contributed by atoms with Gasteiger partial charge in [-0.1, -0.05) is 0 Å². The van der Waals surface area contributed by atoms with Crippen molar-refractivity contribution in [3.05, 3.63) is 0 Å². The lowest BCUT2D eigenvalue weighted by Gasteiger charge is -2.12. The number of hydrogen-bond donors (Lipinski definition) is 3. The predicted octanol–water partition coefficient (Wildman–Crippen LogP) is 0.230. The molecule has 1 amide bonds. The van der Waals surface area contributed by atoms with Gasteiger partial charge in [0.15, 0.2) is 0 Å². The molecular formula is C10H23N3O. The number of amides is 1. The average Bonchev–Trinajstić information content (AvgIpc) is 2.10. The van der Waals surface area contributed by atoms with E-state index in [1.165, 1.54) is 0 Å². The molecule has 0 aliphatic carbocycles. The van der Waals surface area contributed by atoms with E-state index >= 15 is 0 Å². The van der Waals surface area contributed by atoms with E-state index in [-0.39, 0.29) is 11.9 Å². The van der Waals surface area contributed by atoms with Crippen LogP contribution in [0.4, 0.5) is 0 Å². The second-order valence-corrected chi connectivity index (χ2v) is 3.64. The Morgan fingerprint density at radius 1 is 1.36 bits per heavy atom. The maximum Gasteiger partial charge on any atom is 0.217 e. The molecule has 0 aliphatic heterocycles. The smallest absolute Gasteiger partial charge is 0.217 e. The highest BCUT2D eigenvalue weighted by molar-refractivity contribution is 5.73. The van der Waals surface area contributed by atoms with Crippen molar-refractivity contribution in [1.82, 2.24) is 10.6 Å². The zero-order valence-electron chi connectivity index (χ0n) is 9.31. The molecule has 0 aliphatic rings. The van der Waals surface area contributed by atoms with Crippen molar-refractivity contribution in [1.29, 1.82) is 0 Å². The molecule has 0 aromatic rings. The van der Waals surface area contributed by atoms with Gasteiger partial charge in [-0.3, -0.25) is 4.79 Å². The van der Waals surface area contributed by atoms with Crippen molar-refractivity contribution in [2.24, 2.45) is 5.73 Å². The second-order valence-electron chi connectivity index (χ2n) is 3.64. The third-order valence-corrected chi connectivity index (χ3v) is 2.01. The third kappa shape index (κ3) is 9.48. The van der Waals surface area contributed by atoms with Gasteiger partial charge < -0.3 is 16.4 Å². The monoisotopic (exact) mass is 201 g/mol. The minimum Gasteiger partial charge on any atom is -0.354 e. The van der Waals surface area contributed by atoms with Crippen LogP contribution in [0, 0.1) is 0 Å². The van der Waals surface area contributed by atoms with Gasteiger partial charge in [0.2, 0.25) is 5.91 Å². The largest absolute Gasteiger partial charge is 0.354 e. The van der Waals surface area contributed by atoms with Crippen LogP contribution in [0.3, 0.4) is 0 Å². The number of nitrogens with two attached hydrogens (primary N) is 1. The van der Waals surface area contributed by atoms with Gasteiger partial charge in [0.25, 0.3) is 0 Å². The van der Waals surface area contributed by atoms with Gasteiger partial charge >= 0.3 is 0 Å². The van der Waals surface area contributed by atoms with Crippen LogP contribution in [0.1, 0.15) is 33.1 Å². The third-order valence-electron chi connectivity index (χ3n) is 2.01. The molecule has 0 aromatic carbocycles. The summed E-state index contributed by atoms with van der Waals surface area (Å²) in [6, 6.07) is 0.259. The molecule has 0 bridgehead atoms. The molecule has 0 saturated heterocycles. The van der Waals surface area contributed by atoms with Crippen molar-refractivity contribution in [2.75, 3.05) is 19.6 Å². The Morgan fingerprint density at radius 2 is 2.07 bits per heavy atom. The van der Waals surface area contributed by atoms with Crippen molar-refractivity contribution in [3.8, 4) is 0 Å². The van der Waals surface area contributed by atoms with Crippen LogP contribution < -0.4 is 16.4 Å². The Balaban J connectivity index is 3.14. The Bertz CT molecular complexity index is 150. The highest BCUT2D eigenvalue weighted by Crippen LogP contribution is 1.89. The number of carbonyl (C=O) groups excluding carboxylic acids is 1. The molecule has 4 heteroatoms. The van der Waals surface area contributed by atoms with Crippen molar-refractivity contribution >= 4 is 5.91 Å². The van der Waals surface area contributed by atoms with Crippen LogP contribution >= 0.6 is 0 Å². The second kappa shape index (κ2) is 8.97. The molecule has 0 saturated carbocycles. The first-order chi connectivity index (χ1) is 6.66. The van der Waals surface area contributed by atoms with Crippen LogP contribution in [0.25, 0.3) is 0 Å². The molecule has 4 N–H and O–H groups in total. The van der Waals surface area contributed by atoms with Gasteiger partial charge in [-0.25, -0.2) is 0 Å². The van der Waals surface area contributed by atoms with E-state index in [0.29, 0.717) is 0 Å². The fourth-order valence-electron chi connectivity index (χ4n) is 1.26. The fraction of sp³-hybridized carbons (Fsp3) is 0.900. The van der Waals surface area contributed by atoms with Gasteiger partial charge in [-0.05, 0) is 45.8 Å². The summed E-state index contributed by atoms with van der Waals surface area (Å²) >= 11 is 0. The quantitative estimate of drug-likeness (QED) is 0.492. The van der Waals surface area contributed by atoms with E-state index in [9.17, 15) is 4.79 Å². The van der Waals surface area contributed by atoms with E-state index in [2.05, 4.69) is 10.6 Å². The van der Waals surface area contributed by atoms with E-state index in [4.69, 9.17) is 5.73 Å². The minimum absolute atomic E-state index is 0.0423. The Kier molecular flexibility index (Phi) is 8.57. The normalized spacial score (nSPS) is 12.5. The molecule has 0 rings (SSSR count). The predicted molar refractivity (Wildman–Crippen MR) is 59.1 cm³/mol. The van der Waals surface area contributed by atoms with Crippen LogP contribution in [0.2, 0.25) is 0 Å². The maximum atomic E-state index is 10.7. The molecular weight excluding hydrogens is 178 g/mol. The Hall–Kier alpha value is -0.610. The Labute approximate surface area is 86.6 Å². The van der Waals surface area contributed by atoms with Gasteiger partial charge in [0.1, 0.15) is 0 Å². The summed E-state index contributed by atoms with van der Waals surface area (Å²) in [5.41, 5.74) is 5.37. The fourth-order valence-corrected chi connectivity index (χ4v) is 1.26. The number of unbranched alkanes of at least 4 members (excludes halogenated alkanes) is 1. The number of nitrogens with one attached hydrogen (secondary N) is 2. The van der Waals surface area contributed by atoms with Crippen molar-refractivity contribution < 1.29 is 4.79 Å². The topological polar surface area (TPSA) is 67.2 Å². The summed E-state index contributed by atoms with van der Waals surface area (Å²) in [4.78, 5) is 10.7. The minimum atomic E-state index is 0.0423. The van der Waals surface area contributed by atoms with Crippen LogP contribution in [0.15, 0.2) is 0 Å². The van der Waals surface area contributed by atoms with Crippen LogP contribution in [0.5, 0.6) is 0 Å². The van der Waals surface area contributed by atoms with Gasteiger partial charge in [-0.15, -0.1) is 0 Å². The van der Waals surface area contributed by atoms with Gasteiger partial charge in [0, 0.05) is 13.0 Å². The lowest BCUT2D eigenvalue weighted by molar-refractivity contribution is -0.119. The van der Waals surface area contributed by atoms with Gasteiger partial charge in [0.05, 0.1) is 0 Å². The first-order valence-electron chi connectivity index (χ1n) is 5.34. The number of hydrogen-bond acceptors (Lipinski definition) is 3. The highest BCUT2D eigenvalue weighted by atomic mass is 16.1. The van der Waals surface area contributed by atoms with Crippen LogP contribution in [-0.4, -0.2) is 31.6 Å². The summed E-state index contributed by atoms with van der Waals surface area (Å²) in [6.45, 7) is 6.30. The first kappa shape index (κ1) is 13.4. The molecule has 1 atom stereocenters. The SMILES string of the molecule is CC(=O)N[C@@H](C)CCNCCCCN. The van der Waals surface area contributed by atoms with E-state index < -0.39 is 0 Å². The van der Waals surface area contributed by atoms with Crippen molar-refractivity contribution in [3.63, 3.8) is 0 Å². The molecule has 84 valence electrons. The lowest BCUT2D eigenvalue weighted by atomic mass is 10.2. The molecule has 0 heterocycles. The average molecular weight is 201 g/mol. The zero-order chi connectivity index (χ0) is 10.8. The lowest BCUT2D eigenvalue weighted by Crippen LogP contribution is -2.33. The van der Waals surface area contributed by atoms with E-state index in [1.807, 2.05) is 6.92 Å². The summed E-state index contributed by atoms with van der Waals surface area (Å²) in [6.07, 6.45) is 3.18. The molecule has 14 heavy (non-hydrogen) atoms. The van der Waals surface area contributed by atoms with E-state index in [0.717, 1.165) is 38.9 Å². The summed E-state index contributed by atoms with van der Waals surface area (Å²) in [5.74, 6) is 0.0423. The van der Waals surface area contributed by atoms with Crippen molar-refractivity contribution in [2.45, 2.75) is 39.2 Å². The highest BCUT2D eigenvalue weighted by Gasteiger charge is 2.01.